The molecule has 4 nitrogen and oxygen atoms in total. The highest BCUT2D eigenvalue weighted by Gasteiger charge is 2.18. The van der Waals surface area contributed by atoms with Crippen LogP contribution in [0, 0.1) is 5.82 Å². The van der Waals surface area contributed by atoms with Crippen molar-refractivity contribution in [3.05, 3.63) is 95.0 Å². The lowest BCUT2D eigenvalue weighted by molar-refractivity contribution is 0.628. The molecular weight excluding hydrogens is 341 g/mol. The Kier molecular flexibility index (Phi) is 3.40. The number of nitrogens with one attached hydrogen (secondary N) is 1. The summed E-state index contributed by atoms with van der Waals surface area (Å²) in [6, 6.07) is 23.1. The molecule has 0 atom stereocenters. The zero-order valence-electron chi connectivity index (χ0n) is 14.2. The number of hydrogen-bond acceptors (Lipinski definition) is 2. The van der Waals surface area contributed by atoms with Gasteiger partial charge in [-0.25, -0.2) is 4.39 Å². The monoisotopic (exact) mass is 355 g/mol. The largest absolute Gasteiger partial charge is 0.353 e. The summed E-state index contributed by atoms with van der Waals surface area (Å²) in [6.45, 7) is 0. The molecule has 27 heavy (non-hydrogen) atoms. The number of halogens is 1. The van der Waals surface area contributed by atoms with Crippen LogP contribution in [0.5, 0.6) is 0 Å². The maximum Gasteiger partial charge on any atom is 0.281 e. The minimum absolute atomic E-state index is 0.195. The fourth-order valence-electron chi connectivity index (χ4n) is 3.40. The summed E-state index contributed by atoms with van der Waals surface area (Å²) in [5.74, 6) is -0.317. The summed E-state index contributed by atoms with van der Waals surface area (Å²) >= 11 is 0. The van der Waals surface area contributed by atoms with Crippen LogP contribution in [0.25, 0.3) is 38.8 Å². The summed E-state index contributed by atoms with van der Waals surface area (Å²) in [4.78, 5) is 16.6. The number of fused-ring (bicyclic) bond motifs is 3. The summed E-state index contributed by atoms with van der Waals surface area (Å²) in [5.41, 5.74) is 3.33. The Balaban J connectivity index is 1.95. The van der Waals surface area contributed by atoms with Crippen molar-refractivity contribution in [1.29, 1.82) is 0 Å². The summed E-state index contributed by atoms with van der Waals surface area (Å²) in [7, 11) is 0. The van der Waals surface area contributed by atoms with Crippen molar-refractivity contribution in [1.82, 2.24) is 14.8 Å². The van der Waals surface area contributed by atoms with Crippen molar-refractivity contribution in [3.8, 4) is 16.9 Å². The molecule has 0 aliphatic rings. The second-order valence-electron chi connectivity index (χ2n) is 6.33. The van der Waals surface area contributed by atoms with Gasteiger partial charge in [0, 0.05) is 16.5 Å². The van der Waals surface area contributed by atoms with Crippen molar-refractivity contribution in [2.45, 2.75) is 0 Å². The van der Waals surface area contributed by atoms with Crippen LogP contribution in [0.3, 0.4) is 0 Å². The lowest BCUT2D eigenvalue weighted by Crippen LogP contribution is -2.21. The third-order valence-corrected chi connectivity index (χ3v) is 4.67. The van der Waals surface area contributed by atoms with Gasteiger partial charge >= 0.3 is 0 Å². The summed E-state index contributed by atoms with van der Waals surface area (Å²) < 4.78 is 14.8. The first-order valence-corrected chi connectivity index (χ1v) is 8.57. The lowest BCUT2D eigenvalue weighted by Gasteiger charge is -2.09. The molecule has 3 aromatic carbocycles. The zero-order valence-corrected chi connectivity index (χ0v) is 14.2. The van der Waals surface area contributed by atoms with E-state index in [9.17, 15) is 9.18 Å². The highest BCUT2D eigenvalue weighted by molar-refractivity contribution is 6.10. The van der Waals surface area contributed by atoms with Crippen LogP contribution in [-0.4, -0.2) is 14.8 Å². The number of aromatic amines is 1. The normalized spacial score (nSPS) is 11.3. The number of nitrogens with zero attached hydrogens (tertiary/aromatic N) is 2. The van der Waals surface area contributed by atoms with E-state index in [1.165, 1.54) is 16.8 Å². The molecule has 0 bridgehead atoms. The molecule has 1 N–H and O–H groups in total. The SMILES string of the molecule is O=c1c2c([nH]c3ccccc32)c(-c2ccc(F)cc2)nn1-c1ccccc1. The maximum absolute atomic E-state index is 13.4. The Labute approximate surface area is 153 Å². The predicted octanol–water partition coefficient (Wildman–Crippen LogP) is 4.67. The van der Waals surface area contributed by atoms with Crippen molar-refractivity contribution >= 4 is 21.8 Å². The van der Waals surface area contributed by atoms with Crippen LogP contribution >= 0.6 is 0 Å². The van der Waals surface area contributed by atoms with Crippen molar-refractivity contribution in [2.24, 2.45) is 0 Å². The fraction of sp³-hybridized carbons (Fsp3) is 0. The molecular formula is C22H14FN3O. The van der Waals surface area contributed by atoms with Crippen LogP contribution in [-0.2, 0) is 0 Å². The van der Waals surface area contributed by atoms with Gasteiger partial charge in [-0.2, -0.15) is 9.78 Å². The second-order valence-corrected chi connectivity index (χ2v) is 6.33. The van der Waals surface area contributed by atoms with E-state index in [-0.39, 0.29) is 11.4 Å². The van der Waals surface area contributed by atoms with E-state index < -0.39 is 0 Å². The van der Waals surface area contributed by atoms with E-state index in [4.69, 9.17) is 0 Å². The summed E-state index contributed by atoms with van der Waals surface area (Å²) in [5, 5.41) is 6.03. The molecule has 130 valence electrons. The standard InChI is InChI=1S/C22H14FN3O/c23-15-12-10-14(11-13-15)20-21-19(17-8-4-5-9-18(17)24-21)22(27)26(25-20)16-6-2-1-3-7-16/h1-13,24H. The molecule has 5 rings (SSSR count). The molecule has 2 heterocycles. The van der Waals surface area contributed by atoms with Crippen LogP contribution in [0.1, 0.15) is 0 Å². The second kappa shape index (κ2) is 5.92. The molecule has 0 saturated carbocycles. The van der Waals surface area contributed by atoms with Crippen LogP contribution < -0.4 is 5.56 Å². The maximum atomic E-state index is 13.4. The highest BCUT2D eigenvalue weighted by atomic mass is 19.1. The Morgan fingerprint density at radius 2 is 1.56 bits per heavy atom. The third-order valence-electron chi connectivity index (χ3n) is 4.67. The van der Waals surface area contributed by atoms with Gasteiger partial charge in [-0.1, -0.05) is 36.4 Å². The van der Waals surface area contributed by atoms with Crippen LogP contribution in [0.15, 0.2) is 83.7 Å². The van der Waals surface area contributed by atoms with E-state index in [2.05, 4.69) is 10.1 Å². The molecule has 0 fully saturated rings. The molecule has 2 aromatic heterocycles. The average molecular weight is 355 g/mol. The molecule has 5 heteroatoms. The Morgan fingerprint density at radius 3 is 2.33 bits per heavy atom. The Morgan fingerprint density at radius 1 is 0.852 bits per heavy atom. The van der Waals surface area contributed by atoms with Crippen LogP contribution in [0.4, 0.5) is 4.39 Å². The summed E-state index contributed by atoms with van der Waals surface area (Å²) in [6.07, 6.45) is 0. The van der Waals surface area contributed by atoms with Gasteiger partial charge in [0.05, 0.1) is 16.6 Å². The van der Waals surface area contributed by atoms with Gasteiger partial charge in [0.2, 0.25) is 0 Å². The smallest absolute Gasteiger partial charge is 0.281 e. The molecule has 5 aromatic rings. The fourth-order valence-corrected chi connectivity index (χ4v) is 3.40. The molecule has 0 unspecified atom stereocenters. The number of H-pyrrole nitrogens is 1. The molecule has 0 amide bonds. The van der Waals surface area contributed by atoms with Gasteiger partial charge in [0.1, 0.15) is 11.5 Å². The first-order chi connectivity index (χ1) is 13.2. The van der Waals surface area contributed by atoms with Gasteiger partial charge in [-0.3, -0.25) is 4.79 Å². The predicted molar refractivity (Wildman–Crippen MR) is 105 cm³/mol. The van der Waals surface area contributed by atoms with Crippen molar-refractivity contribution in [2.75, 3.05) is 0 Å². The highest BCUT2D eigenvalue weighted by Crippen LogP contribution is 2.30. The van der Waals surface area contributed by atoms with Gasteiger partial charge in [-0.15, -0.1) is 0 Å². The number of aromatic nitrogens is 3. The zero-order chi connectivity index (χ0) is 18.4. The Hall–Kier alpha value is -3.73. The van der Waals surface area contributed by atoms with E-state index >= 15 is 0 Å². The third kappa shape index (κ3) is 2.44. The van der Waals surface area contributed by atoms with Gasteiger partial charge < -0.3 is 4.98 Å². The van der Waals surface area contributed by atoms with Crippen LogP contribution in [0.2, 0.25) is 0 Å². The van der Waals surface area contributed by atoms with E-state index in [0.717, 1.165) is 16.5 Å². The number of rotatable bonds is 2. The molecule has 0 aliphatic heterocycles. The molecule has 0 spiro atoms. The average Bonchev–Trinajstić information content (AvgIpc) is 3.10. The Bertz CT molecular complexity index is 1340. The van der Waals surface area contributed by atoms with Crippen molar-refractivity contribution < 1.29 is 4.39 Å². The lowest BCUT2D eigenvalue weighted by atomic mass is 10.1. The molecule has 0 radical (unpaired) electrons. The van der Waals surface area contributed by atoms with E-state index in [1.807, 2.05) is 54.6 Å². The topological polar surface area (TPSA) is 50.7 Å². The van der Waals surface area contributed by atoms with Gasteiger partial charge in [-0.05, 0) is 42.5 Å². The first-order valence-electron chi connectivity index (χ1n) is 8.57. The first kappa shape index (κ1) is 15.5. The molecule has 0 aliphatic carbocycles. The minimum Gasteiger partial charge on any atom is -0.353 e. The quantitative estimate of drug-likeness (QED) is 0.500. The number of para-hydroxylation sites is 2. The van der Waals surface area contributed by atoms with Crippen molar-refractivity contribution in [3.63, 3.8) is 0 Å². The molecule has 0 saturated heterocycles. The van der Waals surface area contributed by atoms with E-state index in [0.29, 0.717) is 22.3 Å². The number of benzene rings is 3. The van der Waals surface area contributed by atoms with E-state index in [1.54, 1.807) is 12.1 Å². The van der Waals surface area contributed by atoms with Gasteiger partial charge in [0.15, 0.2) is 0 Å². The minimum atomic E-state index is -0.317. The van der Waals surface area contributed by atoms with Gasteiger partial charge in [0.25, 0.3) is 5.56 Å². The number of hydrogen-bond donors (Lipinski definition) is 1.